The maximum absolute atomic E-state index is 12.3. The molecule has 0 aliphatic rings. The van der Waals surface area contributed by atoms with Gasteiger partial charge in [0.05, 0.1) is 0 Å². The van der Waals surface area contributed by atoms with Gasteiger partial charge in [-0.1, -0.05) is 30.3 Å². The number of carbonyl (C=O) groups excluding carboxylic acids is 4. The molecule has 0 saturated carbocycles. The summed E-state index contributed by atoms with van der Waals surface area (Å²) in [5.74, 6) is -2.02. The number of nitrogens with one attached hydrogen (secondary N) is 3. The van der Waals surface area contributed by atoms with Gasteiger partial charge in [-0.15, -0.1) is 0 Å². The van der Waals surface area contributed by atoms with Crippen LogP contribution in [0.3, 0.4) is 0 Å². The smallest absolute Gasteiger partial charge is 0.355 e. The summed E-state index contributed by atoms with van der Waals surface area (Å²) in [6, 6.07) is 15.4. The molecular formula is C21H21N3O5. The number of amides is 3. The molecule has 0 heterocycles. The van der Waals surface area contributed by atoms with Crippen LogP contribution in [0.4, 0.5) is 11.4 Å². The monoisotopic (exact) mass is 395 g/mol. The van der Waals surface area contributed by atoms with Crippen molar-refractivity contribution in [2.75, 3.05) is 17.2 Å². The van der Waals surface area contributed by atoms with Crippen LogP contribution in [0.1, 0.15) is 19.4 Å². The summed E-state index contributed by atoms with van der Waals surface area (Å²) in [5.41, 5.74) is 1.68. The average molecular weight is 395 g/mol. The van der Waals surface area contributed by atoms with E-state index in [-0.39, 0.29) is 11.6 Å². The Kier molecular flexibility index (Phi) is 7.67. The average Bonchev–Trinajstić information content (AvgIpc) is 2.67. The standard InChI is InChI=1S/C21H21N3O5/c1-14(25)22-17-8-10-18(11-9-17)24-20(27)13-29-21(28)19(23-15(2)26)12-16-6-4-3-5-7-16/h3-12H,13H2,1-2H3,(H,22,25)(H,23,26)(H,24,27)/b19-12-. The third-order valence-corrected chi connectivity index (χ3v) is 3.46. The zero-order chi connectivity index (χ0) is 21.2. The maximum Gasteiger partial charge on any atom is 0.355 e. The number of esters is 1. The fourth-order valence-electron chi connectivity index (χ4n) is 2.30. The van der Waals surface area contributed by atoms with E-state index in [1.165, 1.54) is 19.9 Å². The summed E-state index contributed by atoms with van der Waals surface area (Å²) in [5, 5.41) is 7.59. The van der Waals surface area contributed by atoms with Crippen molar-refractivity contribution in [1.29, 1.82) is 0 Å². The number of ether oxygens (including phenoxy) is 1. The second-order valence-electron chi connectivity index (χ2n) is 6.03. The van der Waals surface area contributed by atoms with Crippen LogP contribution in [-0.4, -0.2) is 30.3 Å². The van der Waals surface area contributed by atoms with Gasteiger partial charge >= 0.3 is 5.97 Å². The van der Waals surface area contributed by atoms with E-state index in [1.54, 1.807) is 48.5 Å². The Morgan fingerprint density at radius 1 is 0.828 bits per heavy atom. The molecule has 29 heavy (non-hydrogen) atoms. The molecule has 0 aromatic heterocycles. The van der Waals surface area contributed by atoms with Gasteiger partial charge in [-0.2, -0.15) is 0 Å². The molecule has 0 aliphatic carbocycles. The number of hydrogen-bond donors (Lipinski definition) is 3. The summed E-state index contributed by atoms with van der Waals surface area (Å²) in [7, 11) is 0. The molecule has 2 aromatic carbocycles. The Labute approximate surface area is 167 Å². The van der Waals surface area contributed by atoms with Crippen LogP contribution < -0.4 is 16.0 Å². The summed E-state index contributed by atoms with van der Waals surface area (Å²) in [6.45, 7) is 2.13. The first kappa shape index (κ1) is 21.4. The van der Waals surface area contributed by atoms with E-state index < -0.39 is 24.4 Å². The van der Waals surface area contributed by atoms with Crippen molar-refractivity contribution in [3.8, 4) is 0 Å². The highest BCUT2D eigenvalue weighted by molar-refractivity contribution is 5.99. The molecule has 0 bridgehead atoms. The highest BCUT2D eigenvalue weighted by Gasteiger charge is 2.15. The normalized spacial score (nSPS) is 10.6. The molecule has 150 valence electrons. The van der Waals surface area contributed by atoms with E-state index in [0.717, 1.165) is 0 Å². The van der Waals surface area contributed by atoms with Gasteiger partial charge in [0, 0.05) is 25.2 Å². The van der Waals surface area contributed by atoms with Crippen LogP contribution in [0.2, 0.25) is 0 Å². The van der Waals surface area contributed by atoms with Gasteiger partial charge in [-0.05, 0) is 35.9 Å². The van der Waals surface area contributed by atoms with Crippen LogP contribution in [-0.2, 0) is 23.9 Å². The molecule has 0 aliphatic heterocycles. The van der Waals surface area contributed by atoms with Crippen LogP contribution in [0.5, 0.6) is 0 Å². The summed E-state index contributed by atoms with van der Waals surface area (Å²) in [4.78, 5) is 46.6. The highest BCUT2D eigenvalue weighted by atomic mass is 16.5. The van der Waals surface area contributed by atoms with E-state index >= 15 is 0 Å². The maximum atomic E-state index is 12.3. The Balaban J connectivity index is 1.94. The molecule has 0 unspecified atom stereocenters. The number of hydrogen-bond acceptors (Lipinski definition) is 5. The topological polar surface area (TPSA) is 114 Å². The first-order chi connectivity index (χ1) is 13.8. The van der Waals surface area contributed by atoms with Crippen molar-refractivity contribution in [2.24, 2.45) is 0 Å². The van der Waals surface area contributed by atoms with Crippen molar-refractivity contribution in [3.63, 3.8) is 0 Å². The van der Waals surface area contributed by atoms with E-state index in [9.17, 15) is 19.2 Å². The lowest BCUT2D eigenvalue weighted by Gasteiger charge is -2.10. The van der Waals surface area contributed by atoms with E-state index in [0.29, 0.717) is 16.9 Å². The molecule has 0 spiro atoms. The predicted molar refractivity (Wildman–Crippen MR) is 109 cm³/mol. The number of benzene rings is 2. The third-order valence-electron chi connectivity index (χ3n) is 3.46. The molecule has 0 saturated heterocycles. The minimum atomic E-state index is -0.833. The summed E-state index contributed by atoms with van der Waals surface area (Å²) >= 11 is 0. The molecule has 0 radical (unpaired) electrons. The predicted octanol–water partition coefficient (Wildman–Crippen LogP) is 2.30. The molecule has 3 N–H and O–H groups in total. The lowest BCUT2D eigenvalue weighted by molar-refractivity contribution is -0.144. The molecule has 2 rings (SSSR count). The van der Waals surface area contributed by atoms with Crippen LogP contribution >= 0.6 is 0 Å². The molecule has 8 nitrogen and oxygen atoms in total. The molecular weight excluding hydrogens is 374 g/mol. The van der Waals surface area contributed by atoms with E-state index in [2.05, 4.69) is 16.0 Å². The summed E-state index contributed by atoms with van der Waals surface area (Å²) < 4.78 is 5.00. The largest absolute Gasteiger partial charge is 0.451 e. The Bertz CT molecular complexity index is 921. The van der Waals surface area contributed by atoms with Gasteiger partial charge in [0.15, 0.2) is 6.61 Å². The lowest BCUT2D eigenvalue weighted by Crippen LogP contribution is -2.28. The zero-order valence-electron chi connectivity index (χ0n) is 16.0. The van der Waals surface area contributed by atoms with Crippen molar-refractivity contribution >= 4 is 41.1 Å². The molecule has 3 amide bonds. The lowest BCUT2D eigenvalue weighted by atomic mass is 10.2. The minimum Gasteiger partial charge on any atom is -0.451 e. The van der Waals surface area contributed by atoms with Crippen molar-refractivity contribution in [3.05, 3.63) is 65.9 Å². The first-order valence-corrected chi connectivity index (χ1v) is 8.72. The fraction of sp³-hybridized carbons (Fsp3) is 0.143. The van der Waals surface area contributed by atoms with Gasteiger partial charge in [0.2, 0.25) is 11.8 Å². The minimum absolute atomic E-state index is 0.0730. The number of anilines is 2. The molecule has 0 atom stereocenters. The van der Waals surface area contributed by atoms with Crippen LogP contribution in [0.25, 0.3) is 6.08 Å². The van der Waals surface area contributed by atoms with Crippen LogP contribution in [0, 0.1) is 0 Å². The summed E-state index contributed by atoms with van der Waals surface area (Å²) in [6.07, 6.45) is 1.46. The Morgan fingerprint density at radius 3 is 1.97 bits per heavy atom. The zero-order valence-corrected chi connectivity index (χ0v) is 16.0. The van der Waals surface area contributed by atoms with Crippen LogP contribution in [0.15, 0.2) is 60.3 Å². The van der Waals surface area contributed by atoms with Gasteiger partial charge < -0.3 is 20.7 Å². The van der Waals surface area contributed by atoms with E-state index in [4.69, 9.17) is 4.74 Å². The van der Waals surface area contributed by atoms with E-state index in [1.807, 2.05) is 6.07 Å². The second kappa shape index (κ2) is 10.4. The van der Waals surface area contributed by atoms with Crippen molar-refractivity contribution in [1.82, 2.24) is 5.32 Å². The molecule has 2 aromatic rings. The quantitative estimate of drug-likeness (QED) is 0.492. The molecule has 0 fully saturated rings. The Morgan fingerprint density at radius 2 is 1.41 bits per heavy atom. The molecule has 8 heteroatoms. The number of carbonyl (C=O) groups is 4. The highest BCUT2D eigenvalue weighted by Crippen LogP contribution is 2.13. The van der Waals surface area contributed by atoms with Gasteiger partial charge in [0.25, 0.3) is 5.91 Å². The number of rotatable bonds is 7. The fourth-order valence-corrected chi connectivity index (χ4v) is 2.30. The van der Waals surface area contributed by atoms with Gasteiger partial charge in [-0.3, -0.25) is 14.4 Å². The Hall–Kier alpha value is -3.94. The van der Waals surface area contributed by atoms with Gasteiger partial charge in [-0.25, -0.2) is 4.79 Å². The van der Waals surface area contributed by atoms with Crippen molar-refractivity contribution < 1.29 is 23.9 Å². The van der Waals surface area contributed by atoms with Crippen molar-refractivity contribution in [2.45, 2.75) is 13.8 Å². The van der Waals surface area contributed by atoms with Gasteiger partial charge in [0.1, 0.15) is 5.70 Å². The second-order valence-corrected chi connectivity index (χ2v) is 6.03. The SMILES string of the molecule is CC(=O)N/C(=C\c1ccccc1)C(=O)OCC(=O)Nc1ccc(NC(C)=O)cc1. The third kappa shape index (κ3) is 7.67. The first-order valence-electron chi connectivity index (χ1n) is 8.72.